The maximum Gasteiger partial charge on any atom is 0.281 e. The molecule has 0 radical (unpaired) electrons. The second kappa shape index (κ2) is 7.22. The fraction of sp³-hybridized carbons (Fsp3) is 0.333. The van der Waals surface area contributed by atoms with Crippen LogP contribution in [0.4, 0.5) is 0 Å². The third kappa shape index (κ3) is 3.24. The number of para-hydroxylation sites is 1. The average Bonchev–Trinajstić information content (AvgIpc) is 3.15. The summed E-state index contributed by atoms with van der Waals surface area (Å²) in [7, 11) is 0. The molecule has 2 aromatic heterocycles. The van der Waals surface area contributed by atoms with Crippen molar-refractivity contribution in [1.29, 1.82) is 0 Å². The summed E-state index contributed by atoms with van der Waals surface area (Å²) in [5, 5.41) is 12.5. The Hall–Kier alpha value is -3.56. The molecule has 1 saturated heterocycles. The van der Waals surface area contributed by atoms with Gasteiger partial charge in [-0.1, -0.05) is 23.4 Å². The number of primary amides is 1. The van der Waals surface area contributed by atoms with Crippen molar-refractivity contribution < 1.29 is 9.59 Å². The van der Waals surface area contributed by atoms with E-state index in [9.17, 15) is 14.4 Å². The van der Waals surface area contributed by atoms with Crippen LogP contribution in [0, 0.1) is 5.92 Å². The molecule has 0 spiro atoms. The van der Waals surface area contributed by atoms with Crippen LogP contribution in [-0.4, -0.2) is 54.6 Å². The number of nitrogens with two attached hydrogens (primary N) is 1. The van der Waals surface area contributed by atoms with Gasteiger partial charge in [-0.15, -0.1) is 5.10 Å². The van der Waals surface area contributed by atoms with Crippen LogP contribution in [0.25, 0.3) is 16.7 Å². The van der Waals surface area contributed by atoms with E-state index >= 15 is 0 Å². The van der Waals surface area contributed by atoms with Crippen molar-refractivity contribution in [2.45, 2.75) is 19.4 Å². The molecule has 0 bridgehead atoms. The van der Waals surface area contributed by atoms with Gasteiger partial charge in [0.25, 0.3) is 5.56 Å². The van der Waals surface area contributed by atoms with Gasteiger partial charge in [-0.2, -0.15) is 5.10 Å². The van der Waals surface area contributed by atoms with Crippen molar-refractivity contribution >= 4 is 22.8 Å². The smallest absolute Gasteiger partial charge is 0.281 e. The number of hydrogen-bond acceptors (Lipinski definition) is 6. The predicted octanol–water partition coefficient (Wildman–Crippen LogP) is -0.299. The monoisotopic (exact) mass is 381 g/mol. The Morgan fingerprint density at radius 1 is 1.14 bits per heavy atom. The number of carbonyl (C=O) groups is 2. The molecule has 0 unspecified atom stereocenters. The highest BCUT2D eigenvalue weighted by Crippen LogP contribution is 2.17. The lowest BCUT2D eigenvalue weighted by molar-refractivity contribution is -0.135. The molecule has 2 amide bonds. The van der Waals surface area contributed by atoms with Crippen LogP contribution in [0.2, 0.25) is 0 Å². The summed E-state index contributed by atoms with van der Waals surface area (Å²) in [6, 6.07) is 9.29. The molecule has 1 aliphatic heterocycles. The minimum atomic E-state index is -0.424. The van der Waals surface area contributed by atoms with Crippen LogP contribution < -0.4 is 11.3 Å². The van der Waals surface area contributed by atoms with E-state index < -0.39 is 5.56 Å². The molecule has 10 nitrogen and oxygen atoms in total. The predicted molar refractivity (Wildman–Crippen MR) is 99.4 cm³/mol. The minimum Gasteiger partial charge on any atom is -0.369 e. The molecule has 28 heavy (non-hydrogen) atoms. The number of carbonyl (C=O) groups excluding carboxylic acids is 2. The summed E-state index contributed by atoms with van der Waals surface area (Å²) in [5.74, 6) is -0.782. The van der Waals surface area contributed by atoms with Gasteiger partial charge in [0.1, 0.15) is 11.9 Å². The first-order valence-corrected chi connectivity index (χ1v) is 8.98. The number of fused-ring (bicyclic) bond motifs is 1. The van der Waals surface area contributed by atoms with Gasteiger partial charge < -0.3 is 10.6 Å². The largest absolute Gasteiger partial charge is 0.369 e. The molecule has 1 aromatic carbocycles. The zero-order chi connectivity index (χ0) is 19.7. The van der Waals surface area contributed by atoms with Gasteiger partial charge in [-0.25, -0.2) is 9.36 Å². The molecule has 0 atom stereocenters. The van der Waals surface area contributed by atoms with Gasteiger partial charge in [-0.05, 0) is 25.0 Å². The highest BCUT2D eigenvalue weighted by Gasteiger charge is 2.26. The first-order chi connectivity index (χ1) is 13.5. The lowest BCUT2D eigenvalue weighted by Crippen LogP contribution is -2.44. The van der Waals surface area contributed by atoms with E-state index in [0.29, 0.717) is 37.0 Å². The lowest BCUT2D eigenvalue weighted by Gasteiger charge is -2.30. The first-order valence-electron chi connectivity index (χ1n) is 8.98. The van der Waals surface area contributed by atoms with E-state index in [1.807, 2.05) is 30.3 Å². The number of piperidine rings is 1. The highest BCUT2D eigenvalue weighted by molar-refractivity contribution is 5.79. The standard InChI is InChI=1S/C18H19N7O3/c19-16(27)12-6-8-23(9-7-12)15(26)11-24-18(28)14-10-20-25(17(14)21-22-24)13-4-2-1-3-5-13/h1-5,10,12H,6-9,11H2,(H2,19,27). The quantitative estimate of drug-likeness (QED) is 0.661. The molecule has 144 valence electrons. The van der Waals surface area contributed by atoms with Gasteiger partial charge >= 0.3 is 0 Å². The van der Waals surface area contributed by atoms with Gasteiger partial charge in [0.15, 0.2) is 5.65 Å². The first kappa shape index (κ1) is 17.8. The fourth-order valence-corrected chi connectivity index (χ4v) is 3.37. The van der Waals surface area contributed by atoms with Crippen LogP contribution in [-0.2, 0) is 16.1 Å². The molecule has 0 aliphatic carbocycles. The molecular formula is C18H19N7O3. The van der Waals surface area contributed by atoms with Gasteiger partial charge in [0.2, 0.25) is 11.8 Å². The van der Waals surface area contributed by atoms with Crippen molar-refractivity contribution in [3.63, 3.8) is 0 Å². The normalized spacial score (nSPS) is 15.1. The van der Waals surface area contributed by atoms with Gasteiger partial charge in [0.05, 0.1) is 11.9 Å². The van der Waals surface area contributed by atoms with E-state index in [-0.39, 0.29) is 24.3 Å². The topological polar surface area (TPSA) is 129 Å². The second-order valence-electron chi connectivity index (χ2n) is 6.74. The number of aromatic nitrogens is 5. The zero-order valence-electron chi connectivity index (χ0n) is 15.1. The van der Waals surface area contributed by atoms with Crippen LogP contribution in [0.1, 0.15) is 12.8 Å². The number of benzene rings is 1. The third-order valence-electron chi connectivity index (χ3n) is 4.99. The maximum atomic E-state index is 12.7. The van der Waals surface area contributed by atoms with E-state index in [4.69, 9.17) is 5.73 Å². The Bertz CT molecular complexity index is 1080. The number of amides is 2. The van der Waals surface area contributed by atoms with Crippen molar-refractivity contribution in [3.05, 3.63) is 46.9 Å². The van der Waals surface area contributed by atoms with Crippen molar-refractivity contribution in [1.82, 2.24) is 29.7 Å². The molecule has 2 N–H and O–H groups in total. The van der Waals surface area contributed by atoms with Crippen molar-refractivity contribution in [3.8, 4) is 5.69 Å². The Morgan fingerprint density at radius 3 is 2.54 bits per heavy atom. The van der Waals surface area contributed by atoms with Gasteiger partial charge in [-0.3, -0.25) is 14.4 Å². The summed E-state index contributed by atoms with van der Waals surface area (Å²) in [5.41, 5.74) is 5.99. The molecule has 3 aromatic rings. The SMILES string of the molecule is NC(=O)C1CCN(C(=O)Cn2nnc3c(cnn3-c3ccccc3)c2=O)CC1. The van der Waals surface area contributed by atoms with Crippen molar-refractivity contribution in [2.75, 3.05) is 13.1 Å². The average molecular weight is 381 g/mol. The molecular weight excluding hydrogens is 362 g/mol. The summed E-state index contributed by atoms with van der Waals surface area (Å²) in [4.78, 5) is 38.1. The maximum absolute atomic E-state index is 12.7. The number of hydrogen-bond donors (Lipinski definition) is 1. The zero-order valence-corrected chi connectivity index (χ0v) is 15.1. The summed E-state index contributed by atoms with van der Waals surface area (Å²) in [6.07, 6.45) is 2.49. The molecule has 1 fully saturated rings. The van der Waals surface area contributed by atoms with E-state index in [2.05, 4.69) is 15.4 Å². The number of rotatable bonds is 4. The lowest BCUT2D eigenvalue weighted by atomic mass is 9.96. The van der Waals surface area contributed by atoms with Crippen LogP contribution in [0.5, 0.6) is 0 Å². The summed E-state index contributed by atoms with van der Waals surface area (Å²) < 4.78 is 2.58. The Balaban J connectivity index is 1.54. The molecule has 10 heteroatoms. The van der Waals surface area contributed by atoms with Crippen LogP contribution >= 0.6 is 0 Å². The summed E-state index contributed by atoms with van der Waals surface area (Å²) in [6.45, 7) is 0.658. The Labute approximate surface area is 159 Å². The molecule has 3 heterocycles. The van der Waals surface area contributed by atoms with Crippen LogP contribution in [0.3, 0.4) is 0 Å². The molecule has 1 aliphatic rings. The van der Waals surface area contributed by atoms with Gasteiger partial charge in [0, 0.05) is 19.0 Å². The van der Waals surface area contributed by atoms with E-state index in [1.165, 1.54) is 10.9 Å². The fourth-order valence-electron chi connectivity index (χ4n) is 3.37. The number of likely N-dealkylation sites (tertiary alicyclic amines) is 1. The number of nitrogens with zero attached hydrogens (tertiary/aromatic N) is 6. The minimum absolute atomic E-state index is 0.202. The Kier molecular flexibility index (Phi) is 4.60. The third-order valence-corrected chi connectivity index (χ3v) is 4.99. The van der Waals surface area contributed by atoms with Crippen LogP contribution in [0.15, 0.2) is 41.3 Å². The molecule has 0 saturated carbocycles. The summed E-state index contributed by atoms with van der Waals surface area (Å²) >= 11 is 0. The highest BCUT2D eigenvalue weighted by atomic mass is 16.2. The molecule has 4 rings (SSSR count). The Morgan fingerprint density at radius 2 is 1.86 bits per heavy atom. The second-order valence-corrected chi connectivity index (χ2v) is 6.74. The van der Waals surface area contributed by atoms with E-state index in [1.54, 1.807) is 4.90 Å². The van der Waals surface area contributed by atoms with E-state index in [0.717, 1.165) is 10.4 Å². The van der Waals surface area contributed by atoms with Crippen molar-refractivity contribution in [2.24, 2.45) is 11.7 Å².